The van der Waals surface area contributed by atoms with Gasteiger partial charge in [0, 0.05) is 6.20 Å². The molecule has 0 unspecified atom stereocenters. The summed E-state index contributed by atoms with van der Waals surface area (Å²) >= 11 is 5.38. The fourth-order valence-corrected chi connectivity index (χ4v) is 1.61. The summed E-state index contributed by atoms with van der Waals surface area (Å²) in [6, 6.07) is 3.09. The average molecular weight is 253 g/mol. The van der Waals surface area contributed by atoms with E-state index in [1.807, 2.05) is 0 Å². The summed E-state index contributed by atoms with van der Waals surface area (Å²) in [6.07, 6.45) is 2.92. The van der Waals surface area contributed by atoms with Crippen molar-refractivity contribution in [2.75, 3.05) is 6.61 Å². The molecule has 0 spiro atoms. The Morgan fingerprint density at radius 3 is 2.94 bits per heavy atom. The summed E-state index contributed by atoms with van der Waals surface area (Å²) in [5.41, 5.74) is 1.12. The van der Waals surface area contributed by atoms with Gasteiger partial charge in [-0.25, -0.2) is 9.78 Å². The van der Waals surface area contributed by atoms with E-state index < -0.39 is 11.2 Å². The molecule has 5 nitrogen and oxygen atoms in total. The van der Waals surface area contributed by atoms with Crippen molar-refractivity contribution in [3.05, 3.63) is 35.8 Å². The molecule has 0 aliphatic heterocycles. The highest BCUT2D eigenvalue weighted by molar-refractivity contribution is 6.67. The molecule has 0 aliphatic rings. The average Bonchev–Trinajstić information content (AvgIpc) is 2.71. The molecular formula is C11H9ClN2O3. The summed E-state index contributed by atoms with van der Waals surface area (Å²) in [4.78, 5) is 26.5. The molecule has 0 bridgehead atoms. The maximum absolute atomic E-state index is 11.5. The third-order valence-electron chi connectivity index (χ3n) is 2.23. The van der Waals surface area contributed by atoms with Gasteiger partial charge in [0.05, 0.1) is 18.4 Å². The first-order chi connectivity index (χ1) is 8.13. The van der Waals surface area contributed by atoms with E-state index in [0.29, 0.717) is 17.8 Å². The van der Waals surface area contributed by atoms with Crippen molar-refractivity contribution in [2.45, 2.75) is 6.92 Å². The van der Waals surface area contributed by atoms with E-state index >= 15 is 0 Å². The Labute approximate surface area is 102 Å². The first-order valence-corrected chi connectivity index (χ1v) is 5.35. The predicted octanol–water partition coefficient (Wildman–Crippen LogP) is 1.89. The number of hydrogen-bond acceptors (Lipinski definition) is 4. The second kappa shape index (κ2) is 4.55. The number of carbonyl (C=O) groups is 2. The number of aromatic nitrogens is 2. The highest BCUT2D eigenvalue weighted by Gasteiger charge is 2.12. The van der Waals surface area contributed by atoms with Gasteiger partial charge in [0.15, 0.2) is 0 Å². The van der Waals surface area contributed by atoms with Crippen LogP contribution in [0.4, 0.5) is 0 Å². The largest absolute Gasteiger partial charge is 0.462 e. The number of imidazole rings is 1. The Balaban J connectivity index is 2.46. The number of carbonyl (C=O) groups excluding carboxylic acids is 2. The number of halogens is 1. The molecule has 17 heavy (non-hydrogen) atoms. The van der Waals surface area contributed by atoms with E-state index in [1.165, 1.54) is 10.6 Å². The van der Waals surface area contributed by atoms with E-state index in [1.54, 1.807) is 25.3 Å². The zero-order chi connectivity index (χ0) is 12.4. The van der Waals surface area contributed by atoms with Crippen molar-refractivity contribution < 1.29 is 14.3 Å². The molecular weight excluding hydrogens is 244 g/mol. The van der Waals surface area contributed by atoms with Crippen molar-refractivity contribution in [3.63, 3.8) is 0 Å². The molecule has 88 valence electrons. The van der Waals surface area contributed by atoms with Crippen LogP contribution in [-0.2, 0) is 4.74 Å². The molecule has 2 heterocycles. The van der Waals surface area contributed by atoms with Gasteiger partial charge in [0.1, 0.15) is 11.3 Å². The summed E-state index contributed by atoms with van der Waals surface area (Å²) in [6.45, 7) is 2.04. The summed E-state index contributed by atoms with van der Waals surface area (Å²) in [5, 5.41) is -0.596. The van der Waals surface area contributed by atoms with Crippen molar-refractivity contribution in [1.82, 2.24) is 9.38 Å². The maximum Gasteiger partial charge on any atom is 0.338 e. The maximum atomic E-state index is 11.5. The Morgan fingerprint density at radius 2 is 2.29 bits per heavy atom. The Hall–Kier alpha value is -1.88. The molecule has 0 aliphatic carbocycles. The number of nitrogens with zero attached hydrogens (tertiary/aromatic N) is 2. The Morgan fingerprint density at radius 1 is 1.53 bits per heavy atom. The molecule has 0 radical (unpaired) electrons. The minimum absolute atomic E-state index is 0.261. The zero-order valence-electron chi connectivity index (χ0n) is 9.01. The summed E-state index contributed by atoms with van der Waals surface area (Å²) < 4.78 is 6.37. The molecule has 0 saturated heterocycles. The standard InChI is InChI=1S/C11H9ClN2O3/c1-2-17-11(16)7-3-4-14-8(10(12)15)6-13-9(14)5-7/h3-6H,2H2,1H3. The lowest BCUT2D eigenvalue weighted by atomic mass is 10.2. The molecule has 2 aromatic rings. The summed E-state index contributed by atoms with van der Waals surface area (Å²) in [5.74, 6) is -0.420. The van der Waals surface area contributed by atoms with Crippen LogP contribution in [0.15, 0.2) is 24.5 Å². The third kappa shape index (κ3) is 2.14. The fraction of sp³-hybridized carbons (Fsp3) is 0.182. The minimum atomic E-state index is -0.596. The first-order valence-electron chi connectivity index (χ1n) is 4.97. The molecule has 2 rings (SSSR count). The van der Waals surface area contributed by atoms with Crippen molar-refractivity contribution in [2.24, 2.45) is 0 Å². The number of ether oxygens (including phenoxy) is 1. The number of rotatable bonds is 3. The molecule has 0 amide bonds. The second-order valence-electron chi connectivity index (χ2n) is 3.28. The molecule has 0 saturated carbocycles. The molecule has 0 aromatic carbocycles. The van der Waals surface area contributed by atoms with E-state index in [-0.39, 0.29) is 5.69 Å². The second-order valence-corrected chi connectivity index (χ2v) is 3.62. The van der Waals surface area contributed by atoms with Crippen LogP contribution >= 0.6 is 11.6 Å². The van der Waals surface area contributed by atoms with Crippen molar-refractivity contribution in [1.29, 1.82) is 0 Å². The van der Waals surface area contributed by atoms with Gasteiger partial charge in [0.2, 0.25) is 0 Å². The SMILES string of the molecule is CCOC(=O)c1ccn2c(C(=O)Cl)cnc2c1. The number of esters is 1. The van der Waals surface area contributed by atoms with Crippen LogP contribution in [-0.4, -0.2) is 27.2 Å². The highest BCUT2D eigenvalue weighted by Crippen LogP contribution is 2.12. The number of fused-ring (bicyclic) bond motifs is 1. The molecule has 6 heteroatoms. The van der Waals surface area contributed by atoms with Crippen LogP contribution < -0.4 is 0 Å². The first kappa shape index (κ1) is 11.6. The quantitative estimate of drug-likeness (QED) is 0.618. The van der Waals surface area contributed by atoms with Gasteiger partial charge >= 0.3 is 5.97 Å². The van der Waals surface area contributed by atoms with Crippen LogP contribution in [0.1, 0.15) is 27.8 Å². The van der Waals surface area contributed by atoms with Gasteiger partial charge in [-0.05, 0) is 30.7 Å². The van der Waals surface area contributed by atoms with Gasteiger partial charge in [-0.3, -0.25) is 9.20 Å². The monoisotopic (exact) mass is 252 g/mol. The van der Waals surface area contributed by atoms with Crippen LogP contribution in [0.2, 0.25) is 0 Å². The van der Waals surface area contributed by atoms with E-state index in [4.69, 9.17) is 16.3 Å². The number of hydrogen-bond donors (Lipinski definition) is 0. The van der Waals surface area contributed by atoms with Crippen molar-refractivity contribution >= 4 is 28.5 Å². The molecule has 0 fully saturated rings. The third-order valence-corrected chi connectivity index (χ3v) is 2.42. The Bertz CT molecular complexity index is 591. The summed E-state index contributed by atoms with van der Waals surface area (Å²) in [7, 11) is 0. The molecule has 0 atom stereocenters. The van der Waals surface area contributed by atoms with Gasteiger partial charge in [-0.15, -0.1) is 0 Å². The highest BCUT2D eigenvalue weighted by atomic mass is 35.5. The fourth-order valence-electron chi connectivity index (χ4n) is 1.47. The van der Waals surface area contributed by atoms with Crippen LogP contribution in [0, 0.1) is 0 Å². The lowest BCUT2D eigenvalue weighted by molar-refractivity contribution is 0.0526. The van der Waals surface area contributed by atoms with Crippen molar-refractivity contribution in [3.8, 4) is 0 Å². The van der Waals surface area contributed by atoms with Crippen LogP contribution in [0.3, 0.4) is 0 Å². The van der Waals surface area contributed by atoms with Gasteiger partial charge in [-0.2, -0.15) is 0 Å². The molecule has 0 N–H and O–H groups in total. The van der Waals surface area contributed by atoms with Crippen LogP contribution in [0.5, 0.6) is 0 Å². The van der Waals surface area contributed by atoms with Gasteiger partial charge in [0.25, 0.3) is 5.24 Å². The minimum Gasteiger partial charge on any atom is -0.462 e. The zero-order valence-corrected chi connectivity index (χ0v) is 9.77. The van der Waals surface area contributed by atoms with E-state index in [0.717, 1.165) is 0 Å². The lowest BCUT2D eigenvalue weighted by Crippen LogP contribution is -2.05. The number of pyridine rings is 1. The predicted molar refractivity (Wildman–Crippen MR) is 61.3 cm³/mol. The van der Waals surface area contributed by atoms with E-state index in [2.05, 4.69) is 4.98 Å². The van der Waals surface area contributed by atoms with E-state index in [9.17, 15) is 9.59 Å². The normalized spacial score (nSPS) is 10.5. The lowest BCUT2D eigenvalue weighted by Gasteiger charge is -2.02. The van der Waals surface area contributed by atoms with Gasteiger partial charge in [-0.1, -0.05) is 0 Å². The van der Waals surface area contributed by atoms with Gasteiger partial charge < -0.3 is 4.74 Å². The smallest absolute Gasteiger partial charge is 0.338 e. The Kier molecular flexibility index (Phi) is 3.10. The van der Waals surface area contributed by atoms with Crippen LogP contribution in [0.25, 0.3) is 5.65 Å². The molecule has 2 aromatic heterocycles. The topological polar surface area (TPSA) is 60.7 Å².